The van der Waals surface area contributed by atoms with E-state index >= 15 is 0 Å². The van der Waals surface area contributed by atoms with E-state index < -0.39 is 29.7 Å². The van der Waals surface area contributed by atoms with E-state index in [1.54, 1.807) is 18.2 Å². The minimum Gasteiger partial charge on any atom is -0.382 e. The quantitative estimate of drug-likeness (QED) is 0.440. The minimum atomic E-state index is -0.971. The van der Waals surface area contributed by atoms with Gasteiger partial charge >= 0.3 is 0 Å². The van der Waals surface area contributed by atoms with Crippen LogP contribution in [0.5, 0.6) is 0 Å². The van der Waals surface area contributed by atoms with Gasteiger partial charge in [0.2, 0.25) is 11.8 Å². The van der Waals surface area contributed by atoms with Gasteiger partial charge in [0.15, 0.2) is 0 Å². The minimum absolute atomic E-state index is 0.0907. The molecule has 0 unspecified atom stereocenters. The second-order valence-electron chi connectivity index (χ2n) is 6.00. The third kappa shape index (κ3) is 3.31. The normalized spacial score (nSPS) is 19.6. The van der Waals surface area contributed by atoms with E-state index in [1.165, 1.54) is 0 Å². The van der Waals surface area contributed by atoms with Gasteiger partial charge in [-0.3, -0.25) is 29.4 Å². The molecule has 26 heavy (non-hydrogen) atoms. The first-order valence-electron chi connectivity index (χ1n) is 8.41. The number of benzene rings is 1. The van der Waals surface area contributed by atoms with Crippen LogP contribution in [0, 0.1) is 0 Å². The molecule has 0 bridgehead atoms. The van der Waals surface area contributed by atoms with Gasteiger partial charge in [0, 0.05) is 25.2 Å². The molecule has 0 aromatic heterocycles. The highest BCUT2D eigenvalue weighted by molar-refractivity contribution is 6.25. The Bertz CT molecular complexity index is 764. The Morgan fingerprint density at radius 3 is 2.73 bits per heavy atom. The number of hydrogen-bond acceptors (Lipinski definition) is 7. The standard InChI is InChI=1S/C17H20N4O5/c18-6-8-26-9-7-19-11-3-1-2-10-14(11)17(25)21(16(10)24)12-4-5-13(22)20-15(12)23/h1-3,12,19H,4-9,18H2,(H,20,22,23)/t12-/m1/s1. The van der Waals surface area contributed by atoms with E-state index in [1.807, 2.05) is 0 Å². The van der Waals surface area contributed by atoms with Crippen molar-refractivity contribution in [3.8, 4) is 0 Å². The summed E-state index contributed by atoms with van der Waals surface area (Å²) in [7, 11) is 0. The first-order chi connectivity index (χ1) is 12.5. The van der Waals surface area contributed by atoms with Gasteiger partial charge in [-0.2, -0.15) is 0 Å². The number of nitrogens with two attached hydrogens (primary N) is 1. The lowest BCUT2D eigenvalue weighted by molar-refractivity contribution is -0.136. The lowest BCUT2D eigenvalue weighted by Crippen LogP contribution is -2.54. The molecule has 2 aliphatic heterocycles. The first kappa shape index (κ1) is 18.0. The predicted octanol–water partition coefficient (Wildman–Crippen LogP) is -0.525. The molecule has 1 aromatic rings. The lowest BCUT2D eigenvalue weighted by Gasteiger charge is -2.27. The zero-order valence-corrected chi connectivity index (χ0v) is 14.1. The van der Waals surface area contributed by atoms with Crippen molar-refractivity contribution < 1.29 is 23.9 Å². The van der Waals surface area contributed by atoms with Crippen molar-refractivity contribution in [1.29, 1.82) is 0 Å². The average molecular weight is 360 g/mol. The number of nitrogens with one attached hydrogen (secondary N) is 2. The molecule has 2 aliphatic rings. The lowest BCUT2D eigenvalue weighted by atomic mass is 10.0. The van der Waals surface area contributed by atoms with Gasteiger partial charge < -0.3 is 15.8 Å². The number of ether oxygens (including phenoxy) is 1. The molecular weight excluding hydrogens is 340 g/mol. The second kappa shape index (κ2) is 7.63. The molecule has 0 aliphatic carbocycles. The molecule has 1 fully saturated rings. The zero-order valence-electron chi connectivity index (χ0n) is 14.1. The summed E-state index contributed by atoms with van der Waals surface area (Å²) in [5.74, 6) is -2.09. The van der Waals surface area contributed by atoms with Crippen molar-refractivity contribution in [3.05, 3.63) is 29.3 Å². The van der Waals surface area contributed by atoms with Crippen molar-refractivity contribution in [2.45, 2.75) is 18.9 Å². The van der Waals surface area contributed by atoms with Crippen LogP contribution in [0.1, 0.15) is 33.6 Å². The van der Waals surface area contributed by atoms with Crippen LogP contribution in [0.4, 0.5) is 5.69 Å². The molecule has 2 heterocycles. The maximum Gasteiger partial charge on any atom is 0.264 e. The molecular formula is C17H20N4O5. The van der Waals surface area contributed by atoms with Crippen molar-refractivity contribution in [2.24, 2.45) is 5.73 Å². The fourth-order valence-corrected chi connectivity index (χ4v) is 3.11. The van der Waals surface area contributed by atoms with Crippen LogP contribution in [0.15, 0.2) is 18.2 Å². The Labute approximate surface area is 149 Å². The van der Waals surface area contributed by atoms with Crippen molar-refractivity contribution in [1.82, 2.24) is 10.2 Å². The molecule has 3 rings (SSSR count). The van der Waals surface area contributed by atoms with Crippen molar-refractivity contribution >= 4 is 29.3 Å². The third-order valence-electron chi connectivity index (χ3n) is 4.29. The van der Waals surface area contributed by atoms with Gasteiger partial charge in [0.25, 0.3) is 11.8 Å². The number of amides is 4. The van der Waals surface area contributed by atoms with Crippen LogP contribution >= 0.6 is 0 Å². The van der Waals surface area contributed by atoms with Gasteiger partial charge in [-0.15, -0.1) is 0 Å². The second-order valence-corrected chi connectivity index (χ2v) is 6.00. The summed E-state index contributed by atoms with van der Waals surface area (Å²) >= 11 is 0. The molecule has 1 atom stereocenters. The Morgan fingerprint density at radius 1 is 1.19 bits per heavy atom. The van der Waals surface area contributed by atoms with Crippen LogP contribution in [-0.4, -0.2) is 60.9 Å². The molecule has 138 valence electrons. The van der Waals surface area contributed by atoms with Crippen LogP contribution < -0.4 is 16.4 Å². The van der Waals surface area contributed by atoms with Crippen LogP contribution in [0.2, 0.25) is 0 Å². The molecule has 0 radical (unpaired) electrons. The number of fused-ring (bicyclic) bond motifs is 1. The van der Waals surface area contributed by atoms with Crippen molar-refractivity contribution in [3.63, 3.8) is 0 Å². The summed E-state index contributed by atoms with van der Waals surface area (Å²) in [5, 5.41) is 5.25. The summed E-state index contributed by atoms with van der Waals surface area (Å²) < 4.78 is 5.28. The van der Waals surface area contributed by atoms with Gasteiger partial charge in [0.1, 0.15) is 6.04 Å². The van der Waals surface area contributed by atoms with Crippen molar-refractivity contribution in [2.75, 3.05) is 31.6 Å². The Kier molecular flexibility index (Phi) is 5.29. The Morgan fingerprint density at radius 2 is 2.00 bits per heavy atom. The maximum atomic E-state index is 12.8. The summed E-state index contributed by atoms with van der Waals surface area (Å²) in [5.41, 5.74) is 6.33. The van der Waals surface area contributed by atoms with E-state index in [9.17, 15) is 19.2 Å². The Hall–Kier alpha value is -2.78. The first-order valence-corrected chi connectivity index (χ1v) is 8.41. The highest BCUT2D eigenvalue weighted by Crippen LogP contribution is 2.32. The summed E-state index contributed by atoms with van der Waals surface area (Å²) in [6.45, 7) is 1.71. The van der Waals surface area contributed by atoms with Crippen LogP contribution in [0.3, 0.4) is 0 Å². The number of carbonyl (C=O) groups is 4. The fraction of sp³-hybridized carbons (Fsp3) is 0.412. The van der Waals surface area contributed by atoms with Crippen LogP contribution in [-0.2, 0) is 14.3 Å². The SMILES string of the molecule is NCCOCCNc1cccc2c1C(=O)N([C@@H]1CCC(=O)NC1=O)C2=O. The zero-order chi connectivity index (χ0) is 18.7. The largest absolute Gasteiger partial charge is 0.382 e. The monoisotopic (exact) mass is 360 g/mol. The number of carbonyl (C=O) groups excluding carboxylic acids is 4. The van der Waals surface area contributed by atoms with Gasteiger partial charge in [-0.25, -0.2) is 0 Å². The summed E-state index contributed by atoms with van der Waals surface area (Å²) in [6, 6.07) is 3.94. The van der Waals surface area contributed by atoms with Gasteiger partial charge in [-0.1, -0.05) is 6.07 Å². The number of hydrogen-bond donors (Lipinski definition) is 3. The molecule has 9 heteroatoms. The number of imide groups is 2. The number of nitrogens with zero attached hydrogens (tertiary/aromatic N) is 1. The molecule has 0 saturated carbocycles. The van der Waals surface area contributed by atoms with Gasteiger partial charge in [0.05, 0.1) is 24.3 Å². The highest BCUT2D eigenvalue weighted by atomic mass is 16.5. The molecule has 4 amide bonds. The smallest absolute Gasteiger partial charge is 0.264 e. The molecule has 0 spiro atoms. The fourth-order valence-electron chi connectivity index (χ4n) is 3.11. The van der Waals surface area contributed by atoms with Gasteiger partial charge in [-0.05, 0) is 18.6 Å². The molecule has 4 N–H and O–H groups in total. The number of anilines is 1. The average Bonchev–Trinajstić information content (AvgIpc) is 2.87. The van der Waals surface area contributed by atoms with E-state index in [4.69, 9.17) is 10.5 Å². The van der Waals surface area contributed by atoms with E-state index in [-0.39, 0.29) is 24.0 Å². The Balaban J connectivity index is 1.78. The van der Waals surface area contributed by atoms with E-state index in [0.717, 1.165) is 4.90 Å². The summed E-state index contributed by atoms with van der Waals surface area (Å²) in [4.78, 5) is 49.8. The molecule has 9 nitrogen and oxygen atoms in total. The van der Waals surface area contributed by atoms with E-state index in [2.05, 4.69) is 10.6 Å². The predicted molar refractivity (Wildman–Crippen MR) is 91.5 cm³/mol. The number of rotatable bonds is 7. The maximum absolute atomic E-state index is 12.8. The molecule has 1 aromatic carbocycles. The topological polar surface area (TPSA) is 131 Å². The third-order valence-corrected chi connectivity index (χ3v) is 4.29. The molecule has 1 saturated heterocycles. The highest BCUT2D eigenvalue weighted by Gasteiger charge is 2.45. The van der Waals surface area contributed by atoms with E-state index in [0.29, 0.717) is 32.0 Å². The number of piperidine rings is 1. The summed E-state index contributed by atoms with van der Waals surface area (Å²) in [6.07, 6.45) is 0.221. The van der Waals surface area contributed by atoms with Crippen LogP contribution in [0.25, 0.3) is 0 Å².